The quantitative estimate of drug-likeness (QED) is 0.578. The van der Waals surface area contributed by atoms with Crippen LogP contribution in [-0.2, 0) is 9.59 Å². The van der Waals surface area contributed by atoms with Gasteiger partial charge in [-0.05, 0) is 31.5 Å². The first-order valence-corrected chi connectivity index (χ1v) is 11.5. The molecule has 8 heteroatoms. The van der Waals surface area contributed by atoms with Crippen molar-refractivity contribution in [2.24, 2.45) is 0 Å². The van der Waals surface area contributed by atoms with Crippen molar-refractivity contribution in [3.63, 3.8) is 0 Å². The largest absolute Gasteiger partial charge is 0.494 e. The standard InChI is InChI=1S/C25H31N5O3/c1-3-33-23-12-7-4-9-19(23)22(26-18(2)31)17-24(32)29-13-8-14-30(16-15-29)25-27-20-10-5-6-11-21(20)28-25/h4-7,9-12,22H,3,8,13-17H2,1-2H3,(H,26,31)(H,27,28). The van der Waals surface area contributed by atoms with Gasteiger partial charge in [0.1, 0.15) is 5.75 Å². The summed E-state index contributed by atoms with van der Waals surface area (Å²) < 4.78 is 5.74. The Kier molecular flexibility index (Phi) is 7.12. The highest BCUT2D eigenvalue weighted by molar-refractivity contribution is 5.80. The minimum atomic E-state index is -0.438. The molecule has 1 atom stereocenters. The summed E-state index contributed by atoms with van der Waals surface area (Å²) >= 11 is 0. The van der Waals surface area contributed by atoms with Crippen LogP contribution in [0, 0.1) is 0 Å². The van der Waals surface area contributed by atoms with Gasteiger partial charge in [-0.25, -0.2) is 4.98 Å². The Morgan fingerprint density at radius 3 is 2.67 bits per heavy atom. The molecule has 2 aromatic carbocycles. The Balaban J connectivity index is 1.44. The SMILES string of the molecule is CCOc1ccccc1C(CC(=O)N1CCCN(c2nc3ccccc3[nH]2)CC1)NC(C)=O. The lowest BCUT2D eigenvalue weighted by atomic mass is 10.0. The first-order chi connectivity index (χ1) is 16.0. The number of hydrogen-bond acceptors (Lipinski definition) is 5. The van der Waals surface area contributed by atoms with E-state index in [1.807, 2.05) is 60.4 Å². The molecule has 33 heavy (non-hydrogen) atoms. The van der Waals surface area contributed by atoms with Crippen molar-refractivity contribution in [1.82, 2.24) is 20.2 Å². The number of fused-ring (bicyclic) bond motifs is 1. The molecule has 2 N–H and O–H groups in total. The van der Waals surface area contributed by atoms with Crippen LogP contribution < -0.4 is 15.0 Å². The minimum Gasteiger partial charge on any atom is -0.494 e. The van der Waals surface area contributed by atoms with Crippen LogP contribution in [-0.4, -0.2) is 59.5 Å². The molecule has 0 saturated carbocycles. The van der Waals surface area contributed by atoms with E-state index in [1.54, 1.807) is 0 Å². The Bertz CT molecular complexity index is 1080. The minimum absolute atomic E-state index is 0.0199. The van der Waals surface area contributed by atoms with Gasteiger partial charge in [0.2, 0.25) is 17.8 Å². The average molecular weight is 450 g/mol. The lowest BCUT2D eigenvalue weighted by Crippen LogP contribution is -2.38. The number of aromatic nitrogens is 2. The van der Waals surface area contributed by atoms with Gasteiger partial charge in [-0.2, -0.15) is 0 Å². The van der Waals surface area contributed by atoms with Crippen LogP contribution in [0.4, 0.5) is 5.95 Å². The highest BCUT2D eigenvalue weighted by Crippen LogP contribution is 2.28. The molecule has 1 aliphatic rings. The zero-order valence-electron chi connectivity index (χ0n) is 19.2. The van der Waals surface area contributed by atoms with E-state index in [0.29, 0.717) is 32.0 Å². The number of H-pyrrole nitrogens is 1. The third-order valence-electron chi connectivity index (χ3n) is 5.88. The molecule has 4 rings (SSSR count). The summed E-state index contributed by atoms with van der Waals surface area (Å²) in [6.45, 7) is 6.71. The second kappa shape index (κ2) is 10.4. The van der Waals surface area contributed by atoms with E-state index in [9.17, 15) is 9.59 Å². The number of ether oxygens (including phenoxy) is 1. The summed E-state index contributed by atoms with van der Waals surface area (Å²) in [4.78, 5) is 37.3. The fourth-order valence-corrected chi connectivity index (χ4v) is 4.31. The van der Waals surface area contributed by atoms with Gasteiger partial charge in [-0.3, -0.25) is 9.59 Å². The van der Waals surface area contributed by atoms with Crippen molar-refractivity contribution >= 4 is 28.8 Å². The number of amides is 2. The average Bonchev–Trinajstić information content (AvgIpc) is 3.08. The number of anilines is 1. The second-order valence-electron chi connectivity index (χ2n) is 8.23. The lowest BCUT2D eigenvalue weighted by molar-refractivity contribution is -0.131. The van der Waals surface area contributed by atoms with Crippen molar-refractivity contribution in [1.29, 1.82) is 0 Å². The third-order valence-corrected chi connectivity index (χ3v) is 5.88. The molecule has 1 aliphatic heterocycles. The van der Waals surface area contributed by atoms with E-state index in [4.69, 9.17) is 9.72 Å². The maximum atomic E-state index is 13.3. The monoisotopic (exact) mass is 449 g/mol. The molecule has 1 unspecified atom stereocenters. The first-order valence-electron chi connectivity index (χ1n) is 11.5. The number of para-hydroxylation sites is 3. The predicted molar refractivity (Wildman–Crippen MR) is 128 cm³/mol. The molecule has 0 spiro atoms. The third kappa shape index (κ3) is 5.45. The molecular weight excluding hydrogens is 418 g/mol. The molecule has 0 aliphatic carbocycles. The highest BCUT2D eigenvalue weighted by atomic mass is 16.5. The number of imidazole rings is 1. The number of rotatable bonds is 7. The smallest absolute Gasteiger partial charge is 0.225 e. The molecule has 0 bridgehead atoms. The van der Waals surface area contributed by atoms with Crippen molar-refractivity contribution in [2.45, 2.75) is 32.7 Å². The van der Waals surface area contributed by atoms with Crippen molar-refractivity contribution < 1.29 is 14.3 Å². The van der Waals surface area contributed by atoms with E-state index in [-0.39, 0.29) is 18.2 Å². The predicted octanol–water partition coefficient (Wildman–Crippen LogP) is 3.27. The summed E-state index contributed by atoms with van der Waals surface area (Å²) in [5.74, 6) is 1.38. The van der Waals surface area contributed by atoms with Crippen molar-refractivity contribution in [3.8, 4) is 5.75 Å². The Hall–Kier alpha value is -3.55. The normalized spacial score (nSPS) is 15.2. The van der Waals surface area contributed by atoms with Gasteiger partial charge in [0, 0.05) is 38.7 Å². The number of carbonyl (C=O) groups is 2. The van der Waals surface area contributed by atoms with Gasteiger partial charge in [-0.15, -0.1) is 0 Å². The Morgan fingerprint density at radius 1 is 1.09 bits per heavy atom. The van der Waals surface area contributed by atoms with E-state index in [2.05, 4.69) is 15.2 Å². The molecule has 174 valence electrons. The first kappa shape index (κ1) is 22.6. The number of hydrogen-bond donors (Lipinski definition) is 2. The maximum Gasteiger partial charge on any atom is 0.225 e. The summed E-state index contributed by atoms with van der Waals surface area (Å²) in [6, 6.07) is 15.1. The number of benzene rings is 2. The fourth-order valence-electron chi connectivity index (χ4n) is 4.31. The van der Waals surface area contributed by atoms with Gasteiger partial charge in [-0.1, -0.05) is 30.3 Å². The highest BCUT2D eigenvalue weighted by Gasteiger charge is 2.26. The zero-order valence-corrected chi connectivity index (χ0v) is 19.2. The Morgan fingerprint density at radius 2 is 1.88 bits per heavy atom. The van der Waals surface area contributed by atoms with Crippen LogP contribution in [0.2, 0.25) is 0 Å². The number of nitrogens with one attached hydrogen (secondary N) is 2. The van der Waals surface area contributed by atoms with Crippen LogP contribution in [0.15, 0.2) is 48.5 Å². The molecule has 1 saturated heterocycles. The molecule has 2 heterocycles. The molecule has 3 aromatic rings. The molecule has 8 nitrogen and oxygen atoms in total. The van der Waals surface area contributed by atoms with Crippen LogP contribution in [0.1, 0.15) is 38.3 Å². The lowest BCUT2D eigenvalue weighted by Gasteiger charge is -2.26. The fraction of sp³-hybridized carbons (Fsp3) is 0.400. The van der Waals surface area contributed by atoms with E-state index < -0.39 is 6.04 Å². The summed E-state index contributed by atoms with van der Waals surface area (Å²) in [7, 11) is 0. The second-order valence-corrected chi connectivity index (χ2v) is 8.23. The molecule has 1 aromatic heterocycles. The van der Waals surface area contributed by atoms with Crippen LogP contribution >= 0.6 is 0 Å². The van der Waals surface area contributed by atoms with Gasteiger partial charge in [0.25, 0.3) is 0 Å². The van der Waals surface area contributed by atoms with E-state index in [0.717, 1.165) is 35.5 Å². The van der Waals surface area contributed by atoms with Gasteiger partial charge in [0.15, 0.2) is 0 Å². The summed E-state index contributed by atoms with van der Waals surface area (Å²) in [5.41, 5.74) is 2.77. The maximum absolute atomic E-state index is 13.3. The topological polar surface area (TPSA) is 90.6 Å². The van der Waals surface area contributed by atoms with Crippen molar-refractivity contribution in [2.75, 3.05) is 37.7 Å². The van der Waals surface area contributed by atoms with Crippen LogP contribution in [0.25, 0.3) is 11.0 Å². The van der Waals surface area contributed by atoms with Gasteiger partial charge < -0.3 is 24.8 Å². The zero-order chi connectivity index (χ0) is 23.2. The summed E-state index contributed by atoms with van der Waals surface area (Å²) in [5, 5.41) is 2.94. The van der Waals surface area contributed by atoms with Crippen molar-refractivity contribution in [3.05, 3.63) is 54.1 Å². The number of nitrogens with zero attached hydrogens (tertiary/aromatic N) is 3. The van der Waals surface area contributed by atoms with Crippen LogP contribution in [0.3, 0.4) is 0 Å². The summed E-state index contributed by atoms with van der Waals surface area (Å²) in [6.07, 6.45) is 1.04. The Labute approximate surface area is 193 Å². The molecule has 1 fully saturated rings. The number of carbonyl (C=O) groups excluding carboxylic acids is 2. The van der Waals surface area contributed by atoms with E-state index in [1.165, 1.54) is 6.92 Å². The van der Waals surface area contributed by atoms with Gasteiger partial charge in [0.05, 0.1) is 30.1 Å². The van der Waals surface area contributed by atoms with Crippen LogP contribution in [0.5, 0.6) is 5.75 Å². The van der Waals surface area contributed by atoms with Gasteiger partial charge >= 0.3 is 0 Å². The molecule has 2 amide bonds. The molecule has 0 radical (unpaired) electrons. The number of aromatic amines is 1. The van der Waals surface area contributed by atoms with E-state index >= 15 is 0 Å². The molecular formula is C25H31N5O3.